The van der Waals surface area contributed by atoms with Crippen LogP contribution < -0.4 is 14.4 Å². The summed E-state index contributed by atoms with van der Waals surface area (Å²) in [6.45, 7) is 9.48. The molecule has 47 heavy (non-hydrogen) atoms. The van der Waals surface area contributed by atoms with Gasteiger partial charge in [-0.25, -0.2) is 9.78 Å². The highest BCUT2D eigenvalue weighted by atomic mass is 32.2. The summed E-state index contributed by atoms with van der Waals surface area (Å²) in [5, 5.41) is 0.700. The maximum Gasteiger partial charge on any atom is 0.416 e. The monoisotopic (exact) mass is 685 g/mol. The number of alkyl halides is 3. The van der Waals surface area contributed by atoms with E-state index < -0.39 is 23.3 Å². The van der Waals surface area contributed by atoms with Crippen molar-refractivity contribution in [3.63, 3.8) is 0 Å². The van der Waals surface area contributed by atoms with Gasteiger partial charge in [0.05, 0.1) is 25.0 Å². The van der Waals surface area contributed by atoms with Gasteiger partial charge in [-0.3, -0.25) is 4.90 Å². The number of thiazole rings is 1. The highest BCUT2D eigenvalue weighted by Gasteiger charge is 2.32. The molecule has 12 heteroatoms. The van der Waals surface area contributed by atoms with E-state index in [4.69, 9.17) is 19.2 Å². The minimum atomic E-state index is -4.39. The molecule has 250 valence electrons. The average Bonchev–Trinajstić information content (AvgIpc) is 3.46. The number of carbonyl (C=O) groups is 1. The van der Waals surface area contributed by atoms with Gasteiger partial charge < -0.3 is 19.1 Å². The van der Waals surface area contributed by atoms with Crippen LogP contribution in [0.4, 0.5) is 18.9 Å². The first-order valence-corrected chi connectivity index (χ1v) is 17.1. The second kappa shape index (κ2) is 15.0. The summed E-state index contributed by atoms with van der Waals surface area (Å²) < 4.78 is 55.9. The minimum Gasteiger partial charge on any atom is -0.497 e. The fourth-order valence-electron chi connectivity index (χ4n) is 5.11. The van der Waals surface area contributed by atoms with Crippen molar-refractivity contribution < 1.29 is 32.2 Å². The first kappa shape index (κ1) is 34.6. The lowest BCUT2D eigenvalue weighted by molar-refractivity contribution is -0.158. The third-order valence-electron chi connectivity index (χ3n) is 7.75. The van der Waals surface area contributed by atoms with E-state index in [-0.39, 0.29) is 6.61 Å². The maximum absolute atomic E-state index is 13.2. The van der Waals surface area contributed by atoms with Gasteiger partial charge in [0.2, 0.25) is 0 Å². The number of nitrogens with zero attached hydrogens (tertiary/aromatic N) is 3. The number of carbonyl (C=O) groups excluding carboxylic acids is 1. The summed E-state index contributed by atoms with van der Waals surface area (Å²) in [5.74, 6) is 1.60. The summed E-state index contributed by atoms with van der Waals surface area (Å²) >= 11 is 3.16. The fraction of sp³-hybridized carbons (Fsp3) is 0.371. The van der Waals surface area contributed by atoms with E-state index in [0.717, 1.165) is 65.2 Å². The Hall–Kier alpha value is -3.74. The molecule has 0 bridgehead atoms. The molecule has 1 saturated heterocycles. The van der Waals surface area contributed by atoms with Crippen LogP contribution in [0.5, 0.6) is 11.5 Å². The number of halogens is 3. The molecule has 1 fully saturated rings. The molecule has 3 aromatic carbocycles. The molecule has 7 nitrogen and oxygen atoms in total. The van der Waals surface area contributed by atoms with E-state index in [9.17, 15) is 18.0 Å². The predicted octanol–water partition coefficient (Wildman–Crippen LogP) is 8.17. The van der Waals surface area contributed by atoms with E-state index in [1.807, 2.05) is 36.4 Å². The zero-order valence-electron chi connectivity index (χ0n) is 26.8. The largest absolute Gasteiger partial charge is 0.497 e. The van der Waals surface area contributed by atoms with Crippen LogP contribution in [-0.2, 0) is 28.0 Å². The van der Waals surface area contributed by atoms with Crippen molar-refractivity contribution in [1.29, 1.82) is 0 Å². The van der Waals surface area contributed by atoms with Crippen LogP contribution >= 0.6 is 23.1 Å². The second-order valence-electron chi connectivity index (χ2n) is 11.5. The fourth-order valence-corrected chi connectivity index (χ4v) is 7.18. The van der Waals surface area contributed by atoms with E-state index in [2.05, 4.69) is 21.9 Å². The molecule has 0 unspecified atom stereocenters. The van der Waals surface area contributed by atoms with Gasteiger partial charge in [0.1, 0.15) is 16.5 Å². The number of ether oxygens (including phenoxy) is 3. The minimum absolute atomic E-state index is 0.279. The first-order chi connectivity index (χ1) is 22.4. The molecule has 0 N–H and O–H groups in total. The topological polar surface area (TPSA) is 64.1 Å². The van der Waals surface area contributed by atoms with Crippen LogP contribution in [0.1, 0.15) is 36.9 Å². The number of hydrogen-bond donors (Lipinski definition) is 0. The number of methoxy groups -OCH3 is 1. The number of piperazine rings is 1. The Labute approximate surface area is 281 Å². The van der Waals surface area contributed by atoms with Crippen LogP contribution in [0.25, 0.3) is 10.6 Å². The molecule has 0 amide bonds. The van der Waals surface area contributed by atoms with Crippen molar-refractivity contribution in [2.45, 2.75) is 49.7 Å². The van der Waals surface area contributed by atoms with Gasteiger partial charge in [-0.05, 0) is 81.4 Å². The van der Waals surface area contributed by atoms with Gasteiger partial charge >= 0.3 is 12.1 Å². The van der Waals surface area contributed by atoms with Crippen molar-refractivity contribution in [2.24, 2.45) is 0 Å². The van der Waals surface area contributed by atoms with E-state index in [0.29, 0.717) is 28.6 Å². The Morgan fingerprint density at radius 2 is 1.55 bits per heavy atom. The van der Waals surface area contributed by atoms with Crippen molar-refractivity contribution in [3.05, 3.63) is 88.9 Å². The first-order valence-electron chi connectivity index (χ1n) is 15.3. The molecule has 2 heterocycles. The van der Waals surface area contributed by atoms with Crippen LogP contribution in [0.3, 0.4) is 0 Å². The van der Waals surface area contributed by atoms with Crippen molar-refractivity contribution in [1.82, 2.24) is 9.88 Å². The van der Waals surface area contributed by atoms with Crippen LogP contribution in [0.15, 0.2) is 77.7 Å². The molecule has 0 spiro atoms. The summed E-state index contributed by atoms with van der Waals surface area (Å²) in [6, 6.07) is 20.8. The van der Waals surface area contributed by atoms with Gasteiger partial charge in [0.15, 0.2) is 5.60 Å². The van der Waals surface area contributed by atoms with Crippen molar-refractivity contribution in [2.75, 3.05) is 44.8 Å². The molecule has 0 aliphatic carbocycles. The summed E-state index contributed by atoms with van der Waals surface area (Å²) in [6.07, 6.45) is -4.39. The Morgan fingerprint density at radius 1 is 0.915 bits per heavy atom. The number of rotatable bonds is 12. The van der Waals surface area contributed by atoms with E-state index >= 15 is 0 Å². The molecule has 5 rings (SSSR count). The van der Waals surface area contributed by atoms with Crippen LogP contribution in [0, 0.1) is 0 Å². The van der Waals surface area contributed by atoms with Gasteiger partial charge in [0, 0.05) is 59.5 Å². The predicted molar refractivity (Wildman–Crippen MR) is 180 cm³/mol. The third-order valence-corrected chi connectivity index (χ3v) is 10.1. The summed E-state index contributed by atoms with van der Waals surface area (Å²) in [5.41, 5.74) is 0.960. The maximum atomic E-state index is 13.2. The normalized spacial score (nSPS) is 14.2. The van der Waals surface area contributed by atoms with Crippen LogP contribution in [0.2, 0.25) is 0 Å². The van der Waals surface area contributed by atoms with Crippen molar-refractivity contribution >= 4 is 34.8 Å². The lowest BCUT2D eigenvalue weighted by Gasteiger charge is -2.36. The zero-order chi connectivity index (χ0) is 33.6. The SMILES string of the molecule is CCOC(=O)C(C)(C)Oc1ccc(SCc2sc(-c3ccc(C(F)(F)F)cc3)nc2CN2CCN(c3ccc(OC)cc3)CC2)cc1. The smallest absolute Gasteiger partial charge is 0.416 e. The quantitative estimate of drug-likeness (QED) is 0.109. The number of aromatic nitrogens is 1. The number of esters is 1. The highest BCUT2D eigenvalue weighted by Crippen LogP contribution is 2.36. The molecule has 1 aliphatic heterocycles. The highest BCUT2D eigenvalue weighted by molar-refractivity contribution is 7.98. The Bertz CT molecular complexity index is 1620. The van der Waals surface area contributed by atoms with Crippen molar-refractivity contribution in [3.8, 4) is 22.1 Å². The molecule has 0 saturated carbocycles. The van der Waals surface area contributed by atoms with E-state index in [1.54, 1.807) is 39.6 Å². The lowest BCUT2D eigenvalue weighted by atomic mass is 10.1. The molecule has 0 radical (unpaired) electrons. The summed E-state index contributed by atoms with van der Waals surface area (Å²) in [4.78, 5) is 24.0. The Morgan fingerprint density at radius 3 is 2.15 bits per heavy atom. The third kappa shape index (κ3) is 9.00. The Kier molecular flexibility index (Phi) is 11.0. The van der Waals surface area contributed by atoms with Gasteiger partial charge in [0.25, 0.3) is 0 Å². The number of hydrogen-bond acceptors (Lipinski definition) is 9. The standard InChI is InChI=1S/C35H38F3N3O4S2/c1-5-44-33(42)34(2,3)45-28-14-16-29(17-15-28)46-23-31-30(39-32(47-31)24-6-8-25(9-7-24)35(36,37)38)22-40-18-20-41(21-19-40)26-10-12-27(43-4)13-11-26/h6-17H,5,18-23H2,1-4H3. The number of benzene rings is 3. The molecule has 1 aliphatic rings. The van der Waals surface area contributed by atoms with Gasteiger partial charge in [-0.1, -0.05) is 12.1 Å². The second-order valence-corrected chi connectivity index (χ2v) is 13.7. The summed E-state index contributed by atoms with van der Waals surface area (Å²) in [7, 11) is 1.66. The van der Waals surface area contributed by atoms with Gasteiger partial charge in [-0.15, -0.1) is 23.1 Å². The van der Waals surface area contributed by atoms with Gasteiger partial charge in [-0.2, -0.15) is 13.2 Å². The zero-order valence-corrected chi connectivity index (χ0v) is 28.4. The van der Waals surface area contributed by atoms with Crippen LogP contribution in [-0.4, -0.2) is 61.3 Å². The molecule has 0 atom stereocenters. The molecular formula is C35H38F3N3O4S2. The molecule has 1 aromatic heterocycles. The lowest BCUT2D eigenvalue weighted by Crippen LogP contribution is -2.46. The number of thioether (sulfide) groups is 1. The molecular weight excluding hydrogens is 648 g/mol. The average molecular weight is 686 g/mol. The Balaban J connectivity index is 1.28. The number of anilines is 1. The van der Waals surface area contributed by atoms with E-state index in [1.165, 1.54) is 23.5 Å². The molecule has 4 aromatic rings.